The lowest BCUT2D eigenvalue weighted by Gasteiger charge is -2.05. The highest BCUT2D eigenvalue weighted by Gasteiger charge is 2.18. The molecule has 0 unspecified atom stereocenters. The molecule has 0 aliphatic rings. The largest absolute Gasteiger partial charge is 0.239 e. The van der Waals surface area contributed by atoms with Crippen molar-refractivity contribution in [2.75, 3.05) is 0 Å². The van der Waals surface area contributed by atoms with Crippen molar-refractivity contribution < 1.29 is 12.8 Å². The topological polar surface area (TPSA) is 60.2 Å². The molecule has 3 nitrogen and oxygen atoms in total. The van der Waals surface area contributed by atoms with Crippen LogP contribution in [0.15, 0.2) is 21.5 Å². The van der Waals surface area contributed by atoms with Gasteiger partial charge in [0.05, 0.1) is 4.47 Å². The van der Waals surface area contributed by atoms with E-state index in [9.17, 15) is 12.8 Å². The number of hydrogen-bond donors (Lipinski definition) is 1. The lowest BCUT2D eigenvalue weighted by atomic mass is 10.2. The monoisotopic (exact) mass is 267 g/mol. The van der Waals surface area contributed by atoms with Crippen molar-refractivity contribution >= 4 is 26.0 Å². The normalized spacial score (nSPS) is 11.7. The van der Waals surface area contributed by atoms with Gasteiger partial charge >= 0.3 is 0 Å². The molecule has 72 valence electrons. The van der Waals surface area contributed by atoms with Gasteiger partial charge in [-0.1, -0.05) is 6.07 Å². The molecule has 6 heteroatoms. The van der Waals surface area contributed by atoms with Crippen LogP contribution in [-0.2, 0) is 10.0 Å². The maximum atomic E-state index is 12.9. The summed E-state index contributed by atoms with van der Waals surface area (Å²) in [5.74, 6) is -0.644. The predicted octanol–water partition coefficient (Wildman–Crippen LogP) is 1.54. The third kappa shape index (κ3) is 2.07. The smallest absolute Gasteiger partial charge is 0.225 e. The molecule has 0 saturated carbocycles. The first-order valence-corrected chi connectivity index (χ1v) is 5.65. The second-order valence-electron chi connectivity index (χ2n) is 2.55. The highest BCUT2D eigenvalue weighted by molar-refractivity contribution is 9.10. The predicted molar refractivity (Wildman–Crippen MR) is 50.2 cm³/mol. The molecule has 0 saturated heterocycles. The fourth-order valence-electron chi connectivity index (χ4n) is 0.978. The van der Waals surface area contributed by atoms with Crippen molar-refractivity contribution in [2.24, 2.45) is 5.14 Å². The van der Waals surface area contributed by atoms with Gasteiger partial charge in [-0.25, -0.2) is 17.9 Å². The van der Waals surface area contributed by atoms with E-state index in [4.69, 9.17) is 5.14 Å². The molecule has 1 aromatic rings. The Kier molecular flexibility index (Phi) is 2.74. The zero-order valence-electron chi connectivity index (χ0n) is 6.71. The summed E-state index contributed by atoms with van der Waals surface area (Å²) in [6.45, 7) is 1.55. The average Bonchev–Trinajstić information content (AvgIpc) is 1.95. The highest BCUT2D eigenvalue weighted by atomic mass is 79.9. The summed E-state index contributed by atoms with van der Waals surface area (Å²) in [5, 5.41) is 4.90. The average molecular weight is 268 g/mol. The Morgan fingerprint density at radius 1 is 1.46 bits per heavy atom. The van der Waals surface area contributed by atoms with Crippen LogP contribution in [0.1, 0.15) is 5.56 Å². The van der Waals surface area contributed by atoms with Gasteiger partial charge in [0.25, 0.3) is 0 Å². The lowest BCUT2D eigenvalue weighted by Crippen LogP contribution is -2.15. The van der Waals surface area contributed by atoms with Crippen LogP contribution >= 0.6 is 15.9 Å². The molecule has 0 aromatic heterocycles. The molecule has 0 fully saturated rings. The third-order valence-electron chi connectivity index (χ3n) is 1.53. The van der Waals surface area contributed by atoms with Gasteiger partial charge in [-0.05, 0) is 34.5 Å². The fourth-order valence-corrected chi connectivity index (χ4v) is 2.96. The van der Waals surface area contributed by atoms with Gasteiger partial charge in [0.1, 0.15) is 10.7 Å². The Morgan fingerprint density at radius 3 is 2.38 bits per heavy atom. The summed E-state index contributed by atoms with van der Waals surface area (Å²) in [6.07, 6.45) is 0. The Balaban J connectivity index is 3.62. The van der Waals surface area contributed by atoms with E-state index < -0.39 is 15.8 Å². The van der Waals surface area contributed by atoms with Crippen LogP contribution in [0.4, 0.5) is 4.39 Å². The minimum Gasteiger partial charge on any atom is -0.225 e. The van der Waals surface area contributed by atoms with Crippen LogP contribution in [0.3, 0.4) is 0 Å². The van der Waals surface area contributed by atoms with Crippen LogP contribution in [0.25, 0.3) is 0 Å². The standard InChI is InChI=1S/C7H7BrFNO2S/c1-4-2-3-5(9)6(8)7(4)13(10,11)12/h2-3H,1H3,(H2,10,11,12). The molecule has 1 aromatic carbocycles. The molecular formula is C7H7BrFNO2S. The summed E-state index contributed by atoms with van der Waals surface area (Å²) in [7, 11) is -3.87. The van der Waals surface area contributed by atoms with Crippen LogP contribution in [-0.4, -0.2) is 8.42 Å². The van der Waals surface area contributed by atoms with E-state index in [0.717, 1.165) is 0 Å². The SMILES string of the molecule is Cc1ccc(F)c(Br)c1S(N)(=O)=O. The van der Waals surface area contributed by atoms with Gasteiger partial charge in [-0.3, -0.25) is 0 Å². The molecule has 0 aliphatic heterocycles. The number of primary sulfonamides is 1. The maximum absolute atomic E-state index is 12.9. The zero-order chi connectivity index (χ0) is 10.2. The molecule has 0 amide bonds. The van der Waals surface area contributed by atoms with Gasteiger partial charge in [0, 0.05) is 0 Å². The van der Waals surface area contributed by atoms with E-state index in [-0.39, 0.29) is 9.37 Å². The highest BCUT2D eigenvalue weighted by Crippen LogP contribution is 2.26. The van der Waals surface area contributed by atoms with Crippen LogP contribution in [0.2, 0.25) is 0 Å². The molecular weight excluding hydrogens is 261 g/mol. The van der Waals surface area contributed by atoms with Crippen molar-refractivity contribution in [2.45, 2.75) is 11.8 Å². The van der Waals surface area contributed by atoms with Gasteiger partial charge in [0.15, 0.2) is 0 Å². The summed E-state index contributed by atoms with van der Waals surface area (Å²) in [6, 6.07) is 2.54. The van der Waals surface area contributed by atoms with Crippen molar-refractivity contribution in [3.63, 3.8) is 0 Å². The fraction of sp³-hybridized carbons (Fsp3) is 0.143. The van der Waals surface area contributed by atoms with Crippen molar-refractivity contribution in [1.29, 1.82) is 0 Å². The molecule has 0 bridgehead atoms. The Hall–Kier alpha value is -0.460. The van der Waals surface area contributed by atoms with Gasteiger partial charge < -0.3 is 0 Å². The van der Waals surface area contributed by atoms with E-state index in [1.54, 1.807) is 6.92 Å². The van der Waals surface area contributed by atoms with E-state index in [0.29, 0.717) is 5.56 Å². The maximum Gasteiger partial charge on any atom is 0.239 e. The number of nitrogens with two attached hydrogens (primary N) is 1. The number of rotatable bonds is 1. The minimum atomic E-state index is -3.87. The van der Waals surface area contributed by atoms with E-state index in [2.05, 4.69) is 15.9 Å². The molecule has 0 atom stereocenters. The molecule has 0 heterocycles. The van der Waals surface area contributed by atoms with E-state index >= 15 is 0 Å². The first kappa shape index (κ1) is 10.6. The lowest BCUT2D eigenvalue weighted by molar-refractivity contribution is 0.588. The minimum absolute atomic E-state index is 0.116. The quantitative estimate of drug-likeness (QED) is 0.839. The Morgan fingerprint density at radius 2 is 2.00 bits per heavy atom. The summed E-state index contributed by atoms with van der Waals surface area (Å²) in [4.78, 5) is -0.201. The van der Waals surface area contributed by atoms with Crippen molar-refractivity contribution in [3.05, 3.63) is 28.0 Å². The van der Waals surface area contributed by atoms with Crippen LogP contribution in [0.5, 0.6) is 0 Å². The zero-order valence-corrected chi connectivity index (χ0v) is 9.12. The first-order chi connectivity index (χ1) is 5.84. The third-order valence-corrected chi connectivity index (χ3v) is 3.66. The molecule has 1 rings (SSSR count). The molecule has 2 N–H and O–H groups in total. The Labute approximate surface area is 83.9 Å². The second-order valence-corrected chi connectivity index (χ2v) is 4.84. The number of aryl methyl sites for hydroxylation is 1. The van der Waals surface area contributed by atoms with Crippen molar-refractivity contribution in [1.82, 2.24) is 0 Å². The van der Waals surface area contributed by atoms with Crippen molar-refractivity contribution in [3.8, 4) is 0 Å². The molecule has 0 spiro atoms. The first-order valence-electron chi connectivity index (χ1n) is 3.31. The summed E-state index contributed by atoms with van der Waals surface area (Å²) >= 11 is 2.83. The second kappa shape index (κ2) is 3.36. The number of hydrogen-bond acceptors (Lipinski definition) is 2. The van der Waals surface area contributed by atoms with Crippen LogP contribution < -0.4 is 5.14 Å². The summed E-state index contributed by atoms with van der Waals surface area (Å²) in [5.41, 5.74) is 0.413. The number of benzene rings is 1. The van der Waals surface area contributed by atoms with Gasteiger partial charge in [-0.2, -0.15) is 0 Å². The summed E-state index contributed by atoms with van der Waals surface area (Å²) < 4.78 is 34.8. The number of sulfonamides is 1. The van der Waals surface area contributed by atoms with E-state index in [1.807, 2.05) is 0 Å². The van der Waals surface area contributed by atoms with Gasteiger partial charge in [-0.15, -0.1) is 0 Å². The van der Waals surface area contributed by atoms with E-state index in [1.165, 1.54) is 12.1 Å². The van der Waals surface area contributed by atoms with Gasteiger partial charge in [0.2, 0.25) is 10.0 Å². The Bertz CT molecular complexity index is 444. The molecule has 0 aliphatic carbocycles. The number of halogens is 2. The van der Waals surface area contributed by atoms with Crippen LogP contribution in [0, 0.1) is 12.7 Å². The molecule has 13 heavy (non-hydrogen) atoms. The molecule has 0 radical (unpaired) electrons.